The number of thiazole rings is 1. The molecule has 0 saturated heterocycles. The largest absolute Gasteiger partial charge is 0.497 e. The molecule has 2 aromatic carbocycles. The summed E-state index contributed by atoms with van der Waals surface area (Å²) in [5.74, 6) is 1.60. The molecule has 4 nitrogen and oxygen atoms in total. The molecule has 0 saturated carbocycles. The first-order valence-corrected chi connectivity index (χ1v) is 9.95. The Morgan fingerprint density at radius 2 is 1.96 bits per heavy atom. The molecule has 3 rings (SSSR count). The minimum absolute atomic E-state index is 0.214. The Bertz CT molecular complexity index is 956. The summed E-state index contributed by atoms with van der Waals surface area (Å²) in [6.07, 6.45) is 0. The van der Waals surface area contributed by atoms with Crippen LogP contribution in [0.15, 0.2) is 52.4 Å². The number of aryl methyl sites for hydroxylation is 1. The summed E-state index contributed by atoms with van der Waals surface area (Å²) >= 11 is 3.26. The monoisotopic (exact) mass is 372 g/mol. The first kappa shape index (κ1) is 17.8. The van der Waals surface area contributed by atoms with Gasteiger partial charge in [-0.3, -0.25) is 4.79 Å². The number of aromatic nitrogens is 1. The van der Waals surface area contributed by atoms with Crippen LogP contribution < -0.4 is 9.54 Å². The molecule has 6 heteroatoms. The van der Waals surface area contributed by atoms with Gasteiger partial charge in [-0.2, -0.15) is 4.99 Å². The number of amides is 1. The Hall–Kier alpha value is -2.05. The maximum Gasteiger partial charge on any atom is 0.279 e. The molecule has 0 fully saturated rings. The fourth-order valence-corrected chi connectivity index (χ4v) is 4.37. The van der Waals surface area contributed by atoms with Crippen LogP contribution in [0.2, 0.25) is 0 Å². The molecule has 1 heterocycles. The van der Waals surface area contributed by atoms with E-state index < -0.39 is 0 Å². The topological polar surface area (TPSA) is 43.6 Å². The van der Waals surface area contributed by atoms with E-state index in [-0.39, 0.29) is 5.91 Å². The molecule has 0 atom stereocenters. The van der Waals surface area contributed by atoms with E-state index in [9.17, 15) is 4.79 Å². The quantitative estimate of drug-likeness (QED) is 0.616. The van der Waals surface area contributed by atoms with Gasteiger partial charge in [0.1, 0.15) is 5.75 Å². The lowest BCUT2D eigenvalue weighted by Gasteiger charge is -2.02. The number of hydrogen-bond acceptors (Lipinski definition) is 4. The van der Waals surface area contributed by atoms with Gasteiger partial charge in [0.05, 0.1) is 17.3 Å². The number of hydrogen-bond donors (Lipinski definition) is 0. The highest BCUT2D eigenvalue weighted by molar-refractivity contribution is 7.99. The van der Waals surface area contributed by atoms with E-state index in [0.29, 0.717) is 10.4 Å². The third kappa shape index (κ3) is 3.80. The highest BCUT2D eigenvalue weighted by atomic mass is 32.2. The van der Waals surface area contributed by atoms with Crippen LogP contribution in [0.5, 0.6) is 5.75 Å². The number of nitrogens with zero attached hydrogens (tertiary/aromatic N) is 2. The lowest BCUT2D eigenvalue weighted by Crippen LogP contribution is -2.15. The molecule has 130 valence electrons. The third-order valence-corrected chi connectivity index (χ3v) is 5.75. The van der Waals surface area contributed by atoms with E-state index in [1.165, 1.54) is 11.3 Å². The van der Waals surface area contributed by atoms with E-state index in [0.717, 1.165) is 33.2 Å². The van der Waals surface area contributed by atoms with Crippen LogP contribution in [-0.2, 0) is 6.54 Å². The zero-order valence-electron chi connectivity index (χ0n) is 14.5. The Kier molecular flexibility index (Phi) is 5.60. The molecule has 0 aliphatic heterocycles. The van der Waals surface area contributed by atoms with Crippen molar-refractivity contribution in [3.05, 3.63) is 52.8 Å². The van der Waals surface area contributed by atoms with Crippen LogP contribution in [0, 0.1) is 0 Å². The maximum atomic E-state index is 12.5. The molecule has 25 heavy (non-hydrogen) atoms. The summed E-state index contributed by atoms with van der Waals surface area (Å²) in [7, 11) is 1.65. The number of carbonyl (C=O) groups excluding carboxylic acids is 1. The smallest absolute Gasteiger partial charge is 0.279 e. The lowest BCUT2D eigenvalue weighted by atomic mass is 10.2. The molecule has 0 spiro atoms. The molecule has 0 aliphatic carbocycles. The fourth-order valence-electron chi connectivity index (χ4n) is 2.58. The van der Waals surface area contributed by atoms with Crippen molar-refractivity contribution in [1.82, 2.24) is 4.57 Å². The van der Waals surface area contributed by atoms with Gasteiger partial charge in [0.2, 0.25) is 0 Å². The second kappa shape index (κ2) is 7.89. The Labute approximate surface area is 155 Å². The van der Waals surface area contributed by atoms with E-state index in [1.807, 2.05) is 42.5 Å². The lowest BCUT2D eigenvalue weighted by molar-refractivity contribution is 0.0998. The summed E-state index contributed by atoms with van der Waals surface area (Å²) in [6.45, 7) is 4.92. The van der Waals surface area contributed by atoms with Crippen molar-refractivity contribution in [3.63, 3.8) is 0 Å². The predicted octanol–water partition coefficient (Wildman–Crippen LogP) is 4.58. The van der Waals surface area contributed by atoms with Gasteiger partial charge >= 0.3 is 0 Å². The van der Waals surface area contributed by atoms with Gasteiger partial charge in [0, 0.05) is 17.0 Å². The number of ether oxygens (including phenoxy) is 1. The standard InChI is InChI=1S/C19H20N2O2S2/c1-4-21-16-11-8-14(23-3)12-17(16)25-19(21)20-18(22)13-6-9-15(10-7-13)24-5-2/h6-12H,4-5H2,1-3H3. The van der Waals surface area contributed by atoms with Gasteiger partial charge in [-0.1, -0.05) is 18.3 Å². The van der Waals surface area contributed by atoms with Crippen LogP contribution >= 0.6 is 23.1 Å². The van der Waals surface area contributed by atoms with Crippen molar-refractivity contribution in [1.29, 1.82) is 0 Å². The van der Waals surface area contributed by atoms with E-state index in [4.69, 9.17) is 4.74 Å². The summed E-state index contributed by atoms with van der Waals surface area (Å²) in [4.78, 5) is 18.8. The fraction of sp³-hybridized carbons (Fsp3) is 0.263. The second-order valence-electron chi connectivity index (χ2n) is 5.34. The minimum atomic E-state index is -0.214. The van der Waals surface area contributed by atoms with E-state index in [2.05, 4.69) is 23.4 Å². The summed E-state index contributed by atoms with van der Waals surface area (Å²) in [6, 6.07) is 13.5. The van der Waals surface area contributed by atoms with E-state index in [1.54, 1.807) is 18.9 Å². The first-order chi connectivity index (χ1) is 12.2. The zero-order chi connectivity index (χ0) is 17.8. The Balaban J connectivity index is 2.00. The van der Waals surface area contributed by atoms with Crippen molar-refractivity contribution in [2.24, 2.45) is 4.99 Å². The normalized spacial score (nSPS) is 11.9. The van der Waals surface area contributed by atoms with Crippen molar-refractivity contribution in [2.75, 3.05) is 12.9 Å². The van der Waals surface area contributed by atoms with E-state index >= 15 is 0 Å². The van der Waals surface area contributed by atoms with Gasteiger partial charge in [0.15, 0.2) is 4.80 Å². The third-order valence-electron chi connectivity index (χ3n) is 3.82. The molecule has 0 N–H and O–H groups in total. The van der Waals surface area contributed by atoms with Crippen molar-refractivity contribution in [2.45, 2.75) is 25.3 Å². The molecular weight excluding hydrogens is 352 g/mol. The van der Waals surface area contributed by atoms with Gasteiger partial charge in [-0.25, -0.2) is 0 Å². The summed E-state index contributed by atoms with van der Waals surface area (Å²) in [5.41, 5.74) is 1.67. The molecule has 0 aliphatic rings. The Morgan fingerprint density at radius 1 is 1.20 bits per heavy atom. The van der Waals surface area contributed by atoms with Crippen LogP contribution in [0.3, 0.4) is 0 Å². The number of rotatable bonds is 5. The molecule has 1 aromatic heterocycles. The van der Waals surface area contributed by atoms with Crippen molar-refractivity contribution in [3.8, 4) is 5.75 Å². The highest BCUT2D eigenvalue weighted by Crippen LogP contribution is 2.23. The number of fused-ring (bicyclic) bond motifs is 1. The Morgan fingerprint density at radius 3 is 2.60 bits per heavy atom. The number of methoxy groups -OCH3 is 1. The minimum Gasteiger partial charge on any atom is -0.497 e. The molecular formula is C19H20N2O2S2. The maximum absolute atomic E-state index is 12.5. The van der Waals surface area contributed by atoms with Crippen molar-refractivity contribution < 1.29 is 9.53 Å². The molecule has 0 bridgehead atoms. The predicted molar refractivity (Wildman–Crippen MR) is 105 cm³/mol. The SMILES string of the molecule is CCSc1ccc(C(=O)N=c2sc3cc(OC)ccc3n2CC)cc1. The first-order valence-electron chi connectivity index (χ1n) is 8.15. The average Bonchev–Trinajstić information content (AvgIpc) is 2.98. The number of benzene rings is 2. The molecule has 1 amide bonds. The van der Waals surface area contributed by atoms with Crippen LogP contribution in [0.25, 0.3) is 10.2 Å². The van der Waals surface area contributed by atoms with Gasteiger partial charge in [-0.05, 0) is 55.1 Å². The molecule has 0 unspecified atom stereocenters. The zero-order valence-corrected chi connectivity index (χ0v) is 16.1. The second-order valence-corrected chi connectivity index (χ2v) is 7.68. The molecule has 0 radical (unpaired) electrons. The van der Waals surface area contributed by atoms with Crippen LogP contribution in [0.4, 0.5) is 0 Å². The van der Waals surface area contributed by atoms with Crippen LogP contribution in [0.1, 0.15) is 24.2 Å². The highest BCUT2D eigenvalue weighted by Gasteiger charge is 2.09. The number of carbonyl (C=O) groups is 1. The number of thioether (sulfide) groups is 1. The van der Waals surface area contributed by atoms with Gasteiger partial charge in [0.25, 0.3) is 5.91 Å². The van der Waals surface area contributed by atoms with Gasteiger partial charge < -0.3 is 9.30 Å². The summed E-state index contributed by atoms with van der Waals surface area (Å²) in [5, 5.41) is 0. The average molecular weight is 373 g/mol. The van der Waals surface area contributed by atoms with Crippen molar-refractivity contribution >= 4 is 39.2 Å². The molecule has 3 aromatic rings. The summed E-state index contributed by atoms with van der Waals surface area (Å²) < 4.78 is 8.40. The van der Waals surface area contributed by atoms with Crippen LogP contribution in [-0.4, -0.2) is 23.3 Å². The van der Waals surface area contributed by atoms with Gasteiger partial charge in [-0.15, -0.1) is 11.8 Å².